The van der Waals surface area contributed by atoms with Crippen LogP contribution in [0.1, 0.15) is 22.8 Å². The second kappa shape index (κ2) is 6.62. The summed E-state index contributed by atoms with van der Waals surface area (Å²) in [6.07, 6.45) is 1.68. The molecular formula is C16H17N3O4. The topological polar surface area (TPSA) is 84.7 Å². The molecule has 1 amide bonds. The number of nitrogens with one attached hydrogen (secondary N) is 1. The van der Waals surface area contributed by atoms with Crippen molar-refractivity contribution in [1.82, 2.24) is 10.3 Å². The zero-order valence-electron chi connectivity index (χ0n) is 12.7. The van der Waals surface area contributed by atoms with Crippen molar-refractivity contribution in [2.75, 3.05) is 18.6 Å². The molecule has 1 aromatic heterocycles. The van der Waals surface area contributed by atoms with Crippen LogP contribution in [0, 0.1) is 0 Å². The average molecular weight is 315 g/mol. The zero-order chi connectivity index (χ0) is 16.2. The van der Waals surface area contributed by atoms with Crippen molar-refractivity contribution in [3.63, 3.8) is 0 Å². The number of para-hydroxylation sites is 1. The van der Waals surface area contributed by atoms with E-state index in [2.05, 4.69) is 15.0 Å². The van der Waals surface area contributed by atoms with Crippen LogP contribution in [0.4, 0.5) is 5.69 Å². The minimum atomic E-state index is -0.536. The average Bonchev–Trinajstić information content (AvgIpc) is 3.19. The number of ether oxygens (including phenoxy) is 1. The van der Waals surface area contributed by atoms with E-state index in [-0.39, 0.29) is 17.6 Å². The Labute approximate surface area is 133 Å². The molecule has 0 spiro atoms. The first kappa shape index (κ1) is 15.2. The number of nitrogens with zero attached hydrogens (tertiary/aromatic N) is 2. The highest BCUT2D eigenvalue weighted by molar-refractivity contribution is 5.96. The molecular weight excluding hydrogens is 298 g/mol. The molecule has 1 aliphatic rings. The summed E-state index contributed by atoms with van der Waals surface area (Å²) in [7, 11) is 1.29. The number of anilines is 1. The van der Waals surface area contributed by atoms with Crippen LogP contribution < -0.4 is 10.2 Å². The first-order valence-electron chi connectivity index (χ1n) is 7.29. The number of rotatable bonds is 5. The van der Waals surface area contributed by atoms with Gasteiger partial charge in [0.1, 0.15) is 6.26 Å². The molecule has 0 saturated carbocycles. The molecule has 1 fully saturated rings. The number of carbonyl (C=O) groups is 2. The second-order valence-corrected chi connectivity index (χ2v) is 5.24. The first-order valence-corrected chi connectivity index (χ1v) is 7.29. The predicted octanol–water partition coefficient (Wildman–Crippen LogP) is 1.36. The van der Waals surface area contributed by atoms with E-state index in [4.69, 9.17) is 4.42 Å². The summed E-state index contributed by atoms with van der Waals surface area (Å²) < 4.78 is 9.78. The number of oxazole rings is 1. The van der Waals surface area contributed by atoms with Gasteiger partial charge in [-0.2, -0.15) is 0 Å². The van der Waals surface area contributed by atoms with Crippen molar-refractivity contribution in [3.05, 3.63) is 48.2 Å². The van der Waals surface area contributed by atoms with Crippen molar-refractivity contribution >= 4 is 17.6 Å². The standard InChI is InChI=1S/C16H17N3O4/c1-22-16(21)13-10-23-14(18-13)8-17-11-7-15(20)19(9-11)12-5-3-2-4-6-12/h2-6,10-11,17H,7-9H2,1H3/t11-/m1/s1. The molecule has 2 heterocycles. The molecule has 1 N–H and O–H groups in total. The van der Waals surface area contributed by atoms with Gasteiger partial charge < -0.3 is 19.4 Å². The molecule has 3 rings (SSSR count). The van der Waals surface area contributed by atoms with Gasteiger partial charge in [0.05, 0.1) is 13.7 Å². The summed E-state index contributed by atoms with van der Waals surface area (Å²) >= 11 is 0. The SMILES string of the molecule is COC(=O)c1coc(CN[C@@H]2CC(=O)N(c3ccccc3)C2)n1. The minimum Gasteiger partial charge on any atom is -0.464 e. The number of carbonyl (C=O) groups excluding carboxylic acids is 2. The maximum Gasteiger partial charge on any atom is 0.360 e. The molecule has 23 heavy (non-hydrogen) atoms. The lowest BCUT2D eigenvalue weighted by atomic mass is 10.2. The second-order valence-electron chi connectivity index (χ2n) is 5.24. The third-order valence-corrected chi connectivity index (χ3v) is 3.68. The summed E-state index contributed by atoms with van der Waals surface area (Å²) in [5.41, 5.74) is 1.03. The largest absolute Gasteiger partial charge is 0.464 e. The molecule has 0 unspecified atom stereocenters. The number of methoxy groups -OCH3 is 1. The molecule has 1 atom stereocenters. The van der Waals surface area contributed by atoms with E-state index in [1.807, 2.05) is 30.3 Å². The van der Waals surface area contributed by atoms with Crippen LogP contribution in [0.15, 0.2) is 41.0 Å². The fourth-order valence-electron chi connectivity index (χ4n) is 2.52. The summed E-state index contributed by atoms with van der Waals surface area (Å²) in [5, 5.41) is 3.23. The fourth-order valence-corrected chi connectivity index (χ4v) is 2.52. The van der Waals surface area contributed by atoms with Crippen LogP contribution in [-0.2, 0) is 16.1 Å². The Balaban J connectivity index is 1.57. The molecule has 1 saturated heterocycles. The molecule has 7 nitrogen and oxygen atoms in total. The highest BCUT2D eigenvalue weighted by Gasteiger charge is 2.30. The van der Waals surface area contributed by atoms with E-state index in [9.17, 15) is 9.59 Å². The summed E-state index contributed by atoms with van der Waals surface area (Å²) in [6, 6.07) is 9.57. The van der Waals surface area contributed by atoms with Crippen molar-refractivity contribution in [3.8, 4) is 0 Å². The number of hydrogen-bond donors (Lipinski definition) is 1. The van der Waals surface area contributed by atoms with Gasteiger partial charge in [0.15, 0.2) is 5.69 Å². The highest BCUT2D eigenvalue weighted by Crippen LogP contribution is 2.21. The van der Waals surface area contributed by atoms with Gasteiger partial charge in [-0.1, -0.05) is 18.2 Å². The summed E-state index contributed by atoms with van der Waals surface area (Å²) in [5.74, 6) is -0.0707. The van der Waals surface area contributed by atoms with Crippen LogP contribution >= 0.6 is 0 Å². The lowest BCUT2D eigenvalue weighted by Gasteiger charge is -2.16. The van der Waals surface area contributed by atoms with Gasteiger partial charge >= 0.3 is 5.97 Å². The van der Waals surface area contributed by atoms with Crippen LogP contribution in [0.2, 0.25) is 0 Å². The lowest BCUT2D eigenvalue weighted by molar-refractivity contribution is -0.117. The molecule has 120 valence electrons. The van der Waals surface area contributed by atoms with Gasteiger partial charge in [0.2, 0.25) is 11.8 Å². The molecule has 1 aliphatic heterocycles. The van der Waals surface area contributed by atoms with Gasteiger partial charge in [0.25, 0.3) is 0 Å². The molecule has 1 aromatic carbocycles. The van der Waals surface area contributed by atoms with E-state index >= 15 is 0 Å². The predicted molar refractivity (Wildman–Crippen MR) is 81.9 cm³/mol. The molecule has 7 heteroatoms. The maximum absolute atomic E-state index is 12.1. The minimum absolute atomic E-state index is 0.0104. The number of esters is 1. The number of benzene rings is 1. The third-order valence-electron chi connectivity index (χ3n) is 3.68. The van der Waals surface area contributed by atoms with Crippen LogP contribution in [0.25, 0.3) is 0 Å². The quantitative estimate of drug-likeness (QED) is 0.839. The van der Waals surface area contributed by atoms with E-state index in [1.54, 1.807) is 4.90 Å². The molecule has 0 radical (unpaired) electrons. The van der Waals surface area contributed by atoms with Crippen LogP contribution in [0.3, 0.4) is 0 Å². The van der Waals surface area contributed by atoms with Crippen LogP contribution in [-0.4, -0.2) is 36.6 Å². The number of hydrogen-bond acceptors (Lipinski definition) is 6. The summed E-state index contributed by atoms with van der Waals surface area (Å²) in [6.45, 7) is 0.936. The summed E-state index contributed by atoms with van der Waals surface area (Å²) in [4.78, 5) is 29.2. The Morgan fingerprint density at radius 2 is 2.22 bits per heavy atom. The van der Waals surface area contributed by atoms with E-state index in [0.717, 1.165) is 5.69 Å². The third kappa shape index (κ3) is 3.40. The van der Waals surface area contributed by atoms with Crippen molar-refractivity contribution < 1.29 is 18.7 Å². The molecule has 0 bridgehead atoms. The van der Waals surface area contributed by atoms with E-state index < -0.39 is 5.97 Å². The Kier molecular flexibility index (Phi) is 4.38. The van der Waals surface area contributed by atoms with Gasteiger partial charge in [-0.3, -0.25) is 4.79 Å². The lowest BCUT2D eigenvalue weighted by Crippen LogP contribution is -2.32. The van der Waals surface area contributed by atoms with Gasteiger partial charge in [-0.15, -0.1) is 0 Å². The van der Waals surface area contributed by atoms with Crippen LogP contribution in [0.5, 0.6) is 0 Å². The van der Waals surface area contributed by atoms with Gasteiger partial charge in [0, 0.05) is 24.7 Å². The number of aromatic nitrogens is 1. The Morgan fingerprint density at radius 1 is 1.43 bits per heavy atom. The van der Waals surface area contributed by atoms with Gasteiger partial charge in [-0.05, 0) is 12.1 Å². The monoisotopic (exact) mass is 315 g/mol. The highest BCUT2D eigenvalue weighted by atomic mass is 16.5. The first-order chi connectivity index (χ1) is 11.2. The van der Waals surface area contributed by atoms with E-state index in [1.165, 1.54) is 13.4 Å². The fraction of sp³-hybridized carbons (Fsp3) is 0.312. The number of amides is 1. The Morgan fingerprint density at radius 3 is 2.96 bits per heavy atom. The Bertz CT molecular complexity index is 698. The van der Waals surface area contributed by atoms with Crippen molar-refractivity contribution in [2.45, 2.75) is 19.0 Å². The molecule has 0 aliphatic carbocycles. The van der Waals surface area contributed by atoms with Crippen molar-refractivity contribution in [1.29, 1.82) is 0 Å². The maximum atomic E-state index is 12.1. The zero-order valence-corrected chi connectivity index (χ0v) is 12.7. The molecule has 2 aromatic rings. The van der Waals surface area contributed by atoms with Crippen molar-refractivity contribution in [2.24, 2.45) is 0 Å². The Hall–Kier alpha value is -2.67. The smallest absolute Gasteiger partial charge is 0.360 e. The normalized spacial score (nSPS) is 17.5. The van der Waals surface area contributed by atoms with E-state index in [0.29, 0.717) is 25.4 Å². The van der Waals surface area contributed by atoms with Gasteiger partial charge in [-0.25, -0.2) is 9.78 Å².